The second-order valence-corrected chi connectivity index (χ2v) is 10.3. The predicted octanol–water partition coefficient (Wildman–Crippen LogP) is 6.42. The van der Waals surface area contributed by atoms with Crippen molar-refractivity contribution >= 4 is 5.57 Å². The highest BCUT2D eigenvalue weighted by atomic mass is 16.3. The summed E-state index contributed by atoms with van der Waals surface area (Å²) in [5, 5.41) is 3.38. The average Bonchev–Trinajstić information content (AvgIpc) is 3.06. The van der Waals surface area contributed by atoms with Gasteiger partial charge in [-0.05, 0) is 90.2 Å². The highest BCUT2D eigenvalue weighted by molar-refractivity contribution is 5.72. The Bertz CT molecular complexity index is 843. The Kier molecular flexibility index (Phi) is 4.16. The minimum atomic E-state index is -0.0961. The van der Waals surface area contributed by atoms with E-state index in [4.69, 9.17) is 0 Å². The second kappa shape index (κ2) is 6.37. The van der Waals surface area contributed by atoms with E-state index in [1.54, 1.807) is 5.57 Å². The first-order valence-corrected chi connectivity index (χ1v) is 11.1. The molecule has 3 nitrogen and oxygen atoms in total. The fraction of sp³-hybridized carbons (Fsp3) is 0.640. The van der Waals surface area contributed by atoms with Gasteiger partial charge >= 0.3 is 0 Å². The van der Waals surface area contributed by atoms with Crippen LogP contribution in [0.5, 0.6) is 0 Å². The number of allylic oxidation sites excluding steroid dienone is 3. The molecule has 0 spiro atoms. The minimum Gasteiger partial charge on any atom is -0.264 e. The Morgan fingerprint density at radius 3 is 2.71 bits per heavy atom. The molecule has 0 amide bonds. The smallest absolute Gasteiger partial charge is 0.110 e. The van der Waals surface area contributed by atoms with Crippen molar-refractivity contribution in [1.82, 2.24) is 4.98 Å². The molecule has 4 aliphatic rings. The monoisotopic (exact) mass is 376 g/mol. The fourth-order valence-electron chi connectivity index (χ4n) is 7.76. The largest absolute Gasteiger partial charge is 0.264 e. The van der Waals surface area contributed by atoms with Crippen LogP contribution in [0.15, 0.2) is 47.4 Å². The molecular weight excluding hydrogens is 344 g/mol. The summed E-state index contributed by atoms with van der Waals surface area (Å²) in [6.07, 6.45) is 15.8. The van der Waals surface area contributed by atoms with Gasteiger partial charge in [0.25, 0.3) is 0 Å². The summed E-state index contributed by atoms with van der Waals surface area (Å²) in [6, 6.07) is 4.21. The van der Waals surface area contributed by atoms with Crippen molar-refractivity contribution in [3.8, 4) is 0 Å². The number of pyridine rings is 1. The maximum Gasteiger partial charge on any atom is 0.110 e. The SMILES string of the molecule is CC1C[C@@H]2[C@H](CC[C@]3(C)C(c4cccnc4)=CC[C@@H]23)[C@@]2(C)CCC(N=O)C=C12. The first kappa shape index (κ1) is 18.3. The highest BCUT2D eigenvalue weighted by Gasteiger charge is 2.58. The number of fused-ring (bicyclic) bond motifs is 5. The molecule has 1 heterocycles. The van der Waals surface area contributed by atoms with Crippen LogP contribution in [0.2, 0.25) is 0 Å². The van der Waals surface area contributed by atoms with Crippen LogP contribution in [0.25, 0.3) is 5.57 Å². The highest BCUT2D eigenvalue weighted by Crippen LogP contribution is 2.67. The van der Waals surface area contributed by atoms with Gasteiger partial charge in [0, 0.05) is 12.4 Å². The van der Waals surface area contributed by atoms with E-state index >= 15 is 0 Å². The van der Waals surface area contributed by atoms with Gasteiger partial charge in [0.2, 0.25) is 0 Å². The molecule has 0 radical (unpaired) electrons. The van der Waals surface area contributed by atoms with E-state index < -0.39 is 0 Å². The Balaban J connectivity index is 1.49. The number of nitroso groups, excluding NO2 is 1. The molecule has 3 heteroatoms. The lowest BCUT2D eigenvalue weighted by Gasteiger charge is -2.59. The first-order chi connectivity index (χ1) is 13.5. The molecule has 2 unspecified atom stereocenters. The van der Waals surface area contributed by atoms with Crippen molar-refractivity contribution in [2.75, 3.05) is 0 Å². The Morgan fingerprint density at radius 2 is 1.96 bits per heavy atom. The van der Waals surface area contributed by atoms with E-state index in [1.165, 1.54) is 36.8 Å². The normalized spacial score (nSPS) is 44.6. The molecule has 0 aromatic carbocycles. The molecule has 0 saturated heterocycles. The van der Waals surface area contributed by atoms with Gasteiger partial charge in [0.15, 0.2) is 0 Å². The predicted molar refractivity (Wildman–Crippen MR) is 113 cm³/mol. The molecule has 0 aliphatic heterocycles. The van der Waals surface area contributed by atoms with Crippen LogP contribution in [0.1, 0.15) is 64.9 Å². The molecular formula is C25H32N2O. The van der Waals surface area contributed by atoms with E-state index in [-0.39, 0.29) is 16.9 Å². The second-order valence-electron chi connectivity index (χ2n) is 10.3. The van der Waals surface area contributed by atoms with Crippen LogP contribution >= 0.6 is 0 Å². The molecule has 2 fully saturated rings. The zero-order chi connectivity index (χ0) is 19.5. The molecule has 28 heavy (non-hydrogen) atoms. The lowest BCUT2D eigenvalue weighted by Crippen LogP contribution is -2.52. The summed E-state index contributed by atoms with van der Waals surface area (Å²) in [7, 11) is 0. The molecule has 1 aromatic rings. The fourth-order valence-corrected chi connectivity index (χ4v) is 7.76. The molecule has 5 rings (SSSR count). The molecule has 148 valence electrons. The zero-order valence-electron chi connectivity index (χ0n) is 17.4. The third kappa shape index (κ3) is 2.44. The summed E-state index contributed by atoms with van der Waals surface area (Å²) in [5.74, 6) is 2.84. The van der Waals surface area contributed by atoms with Gasteiger partial charge in [0.1, 0.15) is 6.04 Å². The van der Waals surface area contributed by atoms with Crippen LogP contribution in [0, 0.1) is 39.4 Å². The summed E-state index contributed by atoms with van der Waals surface area (Å²) < 4.78 is 0. The van der Waals surface area contributed by atoms with Crippen LogP contribution in [-0.4, -0.2) is 11.0 Å². The summed E-state index contributed by atoms with van der Waals surface area (Å²) in [4.78, 5) is 15.6. The number of aromatic nitrogens is 1. The quantitative estimate of drug-likeness (QED) is 0.441. The van der Waals surface area contributed by atoms with E-state index in [0.29, 0.717) is 5.92 Å². The topological polar surface area (TPSA) is 42.3 Å². The van der Waals surface area contributed by atoms with E-state index in [2.05, 4.69) is 55.2 Å². The Labute approximate surface area is 168 Å². The molecule has 2 saturated carbocycles. The van der Waals surface area contributed by atoms with E-state index in [0.717, 1.165) is 30.6 Å². The van der Waals surface area contributed by atoms with Crippen LogP contribution in [0.3, 0.4) is 0 Å². The van der Waals surface area contributed by atoms with Crippen molar-refractivity contribution < 1.29 is 0 Å². The number of hydrogen-bond acceptors (Lipinski definition) is 3. The van der Waals surface area contributed by atoms with Crippen LogP contribution < -0.4 is 0 Å². The molecule has 0 N–H and O–H groups in total. The standard InChI is InChI=1S/C25H32N2O/c1-16-13-19-21-7-6-20(17-5-4-12-26-15-17)24(21,2)11-9-22(19)25(3)10-8-18(27-28)14-23(16)25/h4-6,12,14-16,18-19,21-22H,7-11,13H2,1-3H3/t16?,18?,19-,21-,22-,24+,25+/m0/s1. The van der Waals surface area contributed by atoms with Gasteiger partial charge in [-0.15, -0.1) is 0 Å². The van der Waals surface area contributed by atoms with Crippen LogP contribution in [-0.2, 0) is 0 Å². The van der Waals surface area contributed by atoms with Gasteiger partial charge in [-0.25, -0.2) is 0 Å². The van der Waals surface area contributed by atoms with Gasteiger partial charge in [0.05, 0.1) is 0 Å². The third-order valence-corrected chi connectivity index (χ3v) is 9.09. The Morgan fingerprint density at radius 1 is 1.14 bits per heavy atom. The summed E-state index contributed by atoms with van der Waals surface area (Å²) in [6.45, 7) is 7.41. The van der Waals surface area contributed by atoms with Crippen molar-refractivity contribution in [3.05, 3.63) is 52.7 Å². The molecule has 1 aromatic heterocycles. The van der Waals surface area contributed by atoms with Crippen molar-refractivity contribution in [3.63, 3.8) is 0 Å². The van der Waals surface area contributed by atoms with Crippen molar-refractivity contribution in [2.24, 2.45) is 39.7 Å². The van der Waals surface area contributed by atoms with Crippen LogP contribution in [0.4, 0.5) is 0 Å². The maximum absolute atomic E-state index is 11.2. The van der Waals surface area contributed by atoms with Gasteiger partial charge < -0.3 is 0 Å². The van der Waals surface area contributed by atoms with Crippen molar-refractivity contribution in [1.29, 1.82) is 0 Å². The Hall–Kier alpha value is -1.77. The molecule has 7 atom stereocenters. The molecule has 4 aliphatic carbocycles. The van der Waals surface area contributed by atoms with Gasteiger partial charge in [-0.2, -0.15) is 4.91 Å². The summed E-state index contributed by atoms with van der Waals surface area (Å²) >= 11 is 0. The van der Waals surface area contributed by atoms with E-state index in [9.17, 15) is 4.91 Å². The van der Waals surface area contributed by atoms with Gasteiger partial charge in [-0.1, -0.05) is 49.7 Å². The number of hydrogen-bond donors (Lipinski definition) is 0. The van der Waals surface area contributed by atoms with Crippen molar-refractivity contribution in [2.45, 2.75) is 65.3 Å². The molecule has 0 bridgehead atoms. The first-order valence-electron chi connectivity index (χ1n) is 11.1. The minimum absolute atomic E-state index is 0.0961. The zero-order valence-corrected chi connectivity index (χ0v) is 17.4. The average molecular weight is 377 g/mol. The summed E-state index contributed by atoms with van der Waals surface area (Å²) in [5.41, 5.74) is 4.95. The lowest BCUT2D eigenvalue weighted by molar-refractivity contribution is -0.0356. The number of nitrogens with zero attached hydrogens (tertiary/aromatic N) is 2. The van der Waals surface area contributed by atoms with E-state index in [1.807, 2.05) is 12.4 Å². The maximum atomic E-state index is 11.2. The third-order valence-electron chi connectivity index (χ3n) is 9.09. The van der Waals surface area contributed by atoms with Gasteiger partial charge in [-0.3, -0.25) is 4.98 Å². The number of rotatable bonds is 2. The lowest BCUT2D eigenvalue weighted by atomic mass is 9.45.